The maximum Gasteiger partial charge on any atom is 0.341 e. The number of hydrogen-bond acceptors (Lipinski definition) is 9. The summed E-state index contributed by atoms with van der Waals surface area (Å²) in [6.07, 6.45) is 8.27. The molecule has 1 saturated carbocycles. The second-order valence-corrected chi connectivity index (χ2v) is 11.6. The van der Waals surface area contributed by atoms with Crippen LogP contribution in [0.5, 0.6) is 23.3 Å². The first kappa shape index (κ1) is 33.7. The number of aromatic carboxylic acids is 1. The topological polar surface area (TPSA) is 131 Å². The lowest BCUT2D eigenvalue weighted by atomic mass is 9.93. The van der Waals surface area contributed by atoms with E-state index in [4.69, 9.17) is 14.6 Å². The van der Waals surface area contributed by atoms with Crippen LogP contribution in [0.15, 0.2) is 82.8 Å². The minimum Gasteiger partial charge on any atom is -0.477 e. The van der Waals surface area contributed by atoms with E-state index >= 15 is 0 Å². The van der Waals surface area contributed by atoms with Gasteiger partial charge in [-0.15, -0.1) is 23.5 Å². The minimum absolute atomic E-state index is 0.0413. The number of carbonyl (C=O) groups is 2. The zero-order valence-electron chi connectivity index (χ0n) is 24.4. The first-order chi connectivity index (χ1) is 21.6. The van der Waals surface area contributed by atoms with Gasteiger partial charge in [0.25, 0.3) is 5.91 Å². The number of rotatable bonds is 9. The molecule has 2 aromatic carbocycles. The molecule has 0 saturated heterocycles. The zero-order valence-corrected chi connectivity index (χ0v) is 26.0. The molecule has 9 nitrogen and oxygen atoms in total. The fraction of sp³-hybridized carbons (Fsp3) is 0.250. The fourth-order valence-corrected chi connectivity index (χ4v) is 5.34. The van der Waals surface area contributed by atoms with Crippen LogP contribution in [0.25, 0.3) is 0 Å². The molecule has 45 heavy (non-hydrogen) atoms. The van der Waals surface area contributed by atoms with Gasteiger partial charge in [0.2, 0.25) is 11.8 Å². The molecule has 0 radical (unpaired) electrons. The lowest BCUT2D eigenvalue weighted by molar-refractivity contribution is 0.0691. The van der Waals surface area contributed by atoms with Crippen LogP contribution >= 0.6 is 23.5 Å². The van der Waals surface area contributed by atoms with Crippen molar-refractivity contribution in [1.82, 2.24) is 15.3 Å². The maximum absolute atomic E-state index is 13.7. The van der Waals surface area contributed by atoms with Crippen molar-refractivity contribution in [2.45, 2.75) is 47.6 Å². The van der Waals surface area contributed by atoms with Crippen molar-refractivity contribution in [2.24, 2.45) is 0 Å². The molecule has 1 aliphatic rings. The lowest BCUT2D eigenvalue weighted by Gasteiger charge is -2.26. The molecule has 1 amide bonds. The summed E-state index contributed by atoms with van der Waals surface area (Å²) >= 11 is 3.10. The molecule has 2 aromatic heterocycles. The Morgan fingerprint density at radius 3 is 1.89 bits per heavy atom. The predicted molar refractivity (Wildman–Crippen MR) is 168 cm³/mol. The van der Waals surface area contributed by atoms with Crippen molar-refractivity contribution < 1.29 is 38.1 Å². The molecule has 1 fully saturated rings. The summed E-state index contributed by atoms with van der Waals surface area (Å²) in [7, 11) is 0. The molecule has 13 heteroatoms. The normalized spacial score (nSPS) is 15.8. The van der Waals surface area contributed by atoms with Gasteiger partial charge in [-0.25, -0.2) is 23.5 Å². The van der Waals surface area contributed by atoms with Gasteiger partial charge in [0.15, 0.2) is 0 Å². The smallest absolute Gasteiger partial charge is 0.341 e. The monoisotopic (exact) mass is 655 g/mol. The number of aliphatic hydroxyl groups excluding tert-OH is 1. The zero-order chi connectivity index (χ0) is 32.3. The van der Waals surface area contributed by atoms with Gasteiger partial charge >= 0.3 is 5.97 Å². The van der Waals surface area contributed by atoms with Crippen molar-refractivity contribution >= 4 is 35.4 Å². The molecule has 2 heterocycles. The van der Waals surface area contributed by atoms with Crippen LogP contribution in [0.4, 0.5) is 8.78 Å². The minimum atomic E-state index is -1.29. The Morgan fingerprint density at radius 1 is 0.844 bits per heavy atom. The number of amides is 1. The first-order valence-electron chi connectivity index (χ1n) is 13.8. The number of carboxylic acid groups (broad SMARTS) is 1. The Bertz CT molecular complexity index is 1640. The third-order valence-corrected chi connectivity index (χ3v) is 8.05. The number of halogens is 2. The van der Waals surface area contributed by atoms with Gasteiger partial charge < -0.3 is 25.0 Å². The van der Waals surface area contributed by atoms with Crippen LogP contribution in [-0.4, -0.2) is 56.7 Å². The maximum atomic E-state index is 13.7. The van der Waals surface area contributed by atoms with Crippen molar-refractivity contribution in [3.8, 4) is 23.3 Å². The Morgan fingerprint density at radius 2 is 1.38 bits per heavy atom. The second-order valence-electron chi connectivity index (χ2n) is 9.87. The molecule has 3 N–H and O–H groups in total. The second kappa shape index (κ2) is 16.2. The van der Waals surface area contributed by atoms with Gasteiger partial charge in [-0.1, -0.05) is 12.1 Å². The number of benzene rings is 2. The number of nitrogens with zero attached hydrogens (tertiary/aromatic N) is 2. The van der Waals surface area contributed by atoms with Crippen molar-refractivity contribution in [2.75, 3.05) is 12.5 Å². The van der Waals surface area contributed by atoms with Gasteiger partial charge in [-0.2, -0.15) is 0 Å². The number of carbonyl (C=O) groups excluding carboxylic acids is 1. The summed E-state index contributed by atoms with van der Waals surface area (Å²) in [6, 6.07) is 16.3. The summed E-state index contributed by atoms with van der Waals surface area (Å²) in [6.45, 7) is 0. The van der Waals surface area contributed by atoms with E-state index < -0.39 is 29.6 Å². The molecule has 0 aliphatic heterocycles. The third kappa shape index (κ3) is 9.90. The summed E-state index contributed by atoms with van der Waals surface area (Å²) in [4.78, 5) is 33.2. The van der Waals surface area contributed by atoms with Crippen LogP contribution in [-0.2, 0) is 0 Å². The van der Waals surface area contributed by atoms with E-state index in [1.54, 1.807) is 36.0 Å². The highest BCUT2D eigenvalue weighted by Gasteiger charge is 2.24. The van der Waals surface area contributed by atoms with Gasteiger partial charge in [0.05, 0.1) is 18.5 Å². The van der Waals surface area contributed by atoms with E-state index in [9.17, 15) is 23.5 Å². The van der Waals surface area contributed by atoms with Gasteiger partial charge in [-0.3, -0.25) is 4.79 Å². The largest absolute Gasteiger partial charge is 0.477 e. The number of nitrogens with one attached hydrogen (secondary N) is 1. The Balaban J connectivity index is 0.000000215. The van der Waals surface area contributed by atoms with Crippen LogP contribution in [0, 0.1) is 11.6 Å². The Labute approximate surface area is 267 Å². The highest BCUT2D eigenvalue weighted by Crippen LogP contribution is 2.29. The average Bonchev–Trinajstić information content (AvgIpc) is 3.03. The third-order valence-electron chi connectivity index (χ3n) is 6.60. The molecular weight excluding hydrogens is 624 g/mol. The van der Waals surface area contributed by atoms with E-state index in [2.05, 4.69) is 15.3 Å². The fourth-order valence-electron chi connectivity index (χ4n) is 4.44. The first-order valence-corrected chi connectivity index (χ1v) is 16.3. The van der Waals surface area contributed by atoms with E-state index in [1.165, 1.54) is 11.8 Å². The number of ether oxygens (including phenoxy) is 2. The number of thioether (sulfide) groups is 2. The number of aliphatic hydroxyl groups is 1. The van der Waals surface area contributed by atoms with Crippen molar-refractivity contribution in [3.63, 3.8) is 0 Å². The molecule has 4 aromatic rings. The molecule has 0 spiro atoms. The van der Waals surface area contributed by atoms with Crippen LogP contribution < -0.4 is 14.8 Å². The average molecular weight is 656 g/mol. The van der Waals surface area contributed by atoms with Crippen molar-refractivity contribution in [1.29, 1.82) is 0 Å². The highest BCUT2D eigenvalue weighted by molar-refractivity contribution is 7.98. The van der Waals surface area contributed by atoms with Gasteiger partial charge in [0.1, 0.15) is 34.3 Å². The van der Waals surface area contributed by atoms with Gasteiger partial charge in [0, 0.05) is 15.8 Å². The molecule has 2 atom stereocenters. The predicted octanol–water partition coefficient (Wildman–Crippen LogP) is 7.20. The molecule has 236 valence electrons. The molecule has 0 bridgehead atoms. The standard InChI is InChI=1S/C19H21FN2O3S.C13H10FNO3S/c1-26-16-7-3-6-15(10-16)25-19-17(8-12(20)11-21-19)18(24)22-13-4-2-5-14(23)9-13;1-19-10-4-2-3-9(6-10)18-12-11(13(16)17)5-8(14)7-15-12/h3,6-8,10-11,13-14,23H,2,4-5,9H2,1H3,(H,22,24);2-7H,1H3,(H,16,17)/t13-,14-;/m0./s1. The van der Waals surface area contributed by atoms with E-state index in [0.717, 1.165) is 53.6 Å². The molecule has 1 aliphatic carbocycles. The molecule has 0 unspecified atom stereocenters. The van der Waals surface area contributed by atoms with Gasteiger partial charge in [-0.05, 0) is 86.7 Å². The number of pyridine rings is 2. The van der Waals surface area contributed by atoms with Crippen LogP contribution in [0.1, 0.15) is 46.4 Å². The number of carboxylic acids is 1. The Hall–Kier alpha value is -4.20. The van der Waals surface area contributed by atoms with Crippen molar-refractivity contribution in [3.05, 3.63) is 95.8 Å². The highest BCUT2D eigenvalue weighted by atomic mass is 32.2. The summed E-state index contributed by atoms with van der Waals surface area (Å²) in [5.41, 5.74) is -0.269. The van der Waals surface area contributed by atoms with E-state index in [-0.39, 0.29) is 28.9 Å². The van der Waals surface area contributed by atoms with E-state index in [0.29, 0.717) is 17.9 Å². The van der Waals surface area contributed by atoms with Crippen LogP contribution in [0.3, 0.4) is 0 Å². The SMILES string of the molecule is CSc1cccc(Oc2ncc(F)cc2C(=O)N[C@H]2CCC[C@H](O)C2)c1.CSc1cccc(Oc2ncc(F)cc2C(=O)O)c1. The summed E-state index contributed by atoms with van der Waals surface area (Å²) in [5, 5.41) is 21.6. The lowest BCUT2D eigenvalue weighted by Crippen LogP contribution is -2.39. The molecule has 5 rings (SSSR count). The quantitative estimate of drug-likeness (QED) is 0.159. The number of hydrogen-bond donors (Lipinski definition) is 3. The Kier molecular flexibility index (Phi) is 12.1. The summed E-state index contributed by atoms with van der Waals surface area (Å²) < 4.78 is 37.8. The van der Waals surface area contributed by atoms with Crippen LogP contribution in [0.2, 0.25) is 0 Å². The number of aromatic nitrogens is 2. The summed E-state index contributed by atoms with van der Waals surface area (Å²) in [5.74, 6) is -2.17. The van der Waals surface area contributed by atoms with E-state index in [1.807, 2.05) is 36.8 Å². The molecular formula is C32H31F2N3O6S2.